The second-order valence-electron chi connectivity index (χ2n) is 4.30. The van der Waals surface area contributed by atoms with Crippen molar-refractivity contribution in [2.75, 3.05) is 13.6 Å². The Hall–Kier alpha value is -1.22. The highest BCUT2D eigenvalue weighted by molar-refractivity contribution is 5.21. The van der Waals surface area contributed by atoms with E-state index in [1.165, 1.54) is 6.07 Å². The van der Waals surface area contributed by atoms with Crippen LogP contribution in [-0.2, 0) is 6.42 Å². The van der Waals surface area contributed by atoms with E-state index in [1.807, 2.05) is 14.0 Å². The highest BCUT2D eigenvalue weighted by Gasteiger charge is 2.21. The van der Waals surface area contributed by atoms with Crippen molar-refractivity contribution in [3.05, 3.63) is 48.1 Å². The molecule has 1 nitrogen and oxygen atoms in total. The highest BCUT2D eigenvalue weighted by Crippen LogP contribution is 2.25. The number of hydrogen-bond acceptors (Lipinski definition) is 1. The van der Waals surface area contributed by atoms with Gasteiger partial charge in [0.25, 0.3) is 0 Å². The number of halogens is 2. The van der Waals surface area contributed by atoms with Crippen molar-refractivity contribution in [1.82, 2.24) is 5.32 Å². The van der Waals surface area contributed by atoms with Crippen molar-refractivity contribution < 1.29 is 8.78 Å². The van der Waals surface area contributed by atoms with Gasteiger partial charge in [-0.2, -0.15) is 0 Å². The first kappa shape index (κ1) is 12.8. The van der Waals surface area contributed by atoms with Gasteiger partial charge < -0.3 is 5.32 Å². The maximum absolute atomic E-state index is 13.5. The van der Waals surface area contributed by atoms with Crippen LogP contribution >= 0.6 is 0 Å². The summed E-state index contributed by atoms with van der Waals surface area (Å²) in [7, 11) is 1.82. The van der Waals surface area contributed by atoms with E-state index in [0.29, 0.717) is 18.5 Å². The van der Waals surface area contributed by atoms with Crippen LogP contribution in [0.3, 0.4) is 0 Å². The van der Waals surface area contributed by atoms with E-state index >= 15 is 0 Å². The average molecular weight is 225 g/mol. The van der Waals surface area contributed by atoms with Gasteiger partial charge >= 0.3 is 0 Å². The molecule has 3 heteroatoms. The van der Waals surface area contributed by atoms with E-state index < -0.39 is 5.82 Å². The van der Waals surface area contributed by atoms with Crippen LogP contribution in [0.4, 0.5) is 8.78 Å². The fraction of sp³-hybridized carbons (Fsp3) is 0.385. The predicted octanol–water partition coefficient (Wildman–Crippen LogP) is 2.92. The van der Waals surface area contributed by atoms with Gasteiger partial charge in [-0.25, -0.2) is 8.78 Å². The highest BCUT2D eigenvalue weighted by atomic mass is 19.1. The summed E-state index contributed by atoms with van der Waals surface area (Å²) in [5.41, 5.74) is 0.112. The second-order valence-corrected chi connectivity index (χ2v) is 4.30. The monoisotopic (exact) mass is 225 g/mol. The summed E-state index contributed by atoms with van der Waals surface area (Å²) in [4.78, 5) is 0. The first-order valence-corrected chi connectivity index (χ1v) is 5.23. The van der Waals surface area contributed by atoms with E-state index in [1.54, 1.807) is 6.08 Å². The first-order chi connectivity index (χ1) is 7.50. The molecule has 0 saturated carbocycles. The van der Waals surface area contributed by atoms with Crippen LogP contribution in [0.5, 0.6) is 0 Å². The largest absolute Gasteiger partial charge is 0.319 e. The molecule has 16 heavy (non-hydrogen) atoms. The van der Waals surface area contributed by atoms with Gasteiger partial charge in [0, 0.05) is 12.0 Å². The molecule has 1 aromatic rings. The Balaban J connectivity index is 2.93. The van der Waals surface area contributed by atoms with Gasteiger partial charge in [-0.3, -0.25) is 0 Å². The molecule has 0 bridgehead atoms. The van der Waals surface area contributed by atoms with Gasteiger partial charge in [0.1, 0.15) is 11.6 Å². The minimum atomic E-state index is -0.410. The molecule has 1 aromatic carbocycles. The van der Waals surface area contributed by atoms with Crippen LogP contribution in [0.15, 0.2) is 30.9 Å². The Morgan fingerprint density at radius 1 is 1.44 bits per heavy atom. The Bertz CT molecular complexity index is 376. The fourth-order valence-electron chi connectivity index (χ4n) is 1.72. The SMILES string of the molecule is C=CC(C)(CNC)Cc1cc(F)ccc1F. The summed E-state index contributed by atoms with van der Waals surface area (Å²) in [6, 6.07) is 3.53. The summed E-state index contributed by atoms with van der Waals surface area (Å²) in [6.45, 7) is 6.38. The minimum Gasteiger partial charge on any atom is -0.319 e. The van der Waals surface area contributed by atoms with Crippen molar-refractivity contribution in [3.63, 3.8) is 0 Å². The lowest BCUT2D eigenvalue weighted by Crippen LogP contribution is -2.30. The molecule has 1 atom stereocenters. The lowest BCUT2D eigenvalue weighted by atomic mass is 9.83. The van der Waals surface area contributed by atoms with Crippen LogP contribution in [0.1, 0.15) is 12.5 Å². The molecule has 0 aliphatic carbocycles. The summed E-state index contributed by atoms with van der Waals surface area (Å²) in [5.74, 6) is -0.780. The van der Waals surface area contributed by atoms with E-state index in [9.17, 15) is 8.78 Å². The third kappa shape index (κ3) is 3.14. The maximum Gasteiger partial charge on any atom is 0.126 e. The molecule has 0 aliphatic rings. The molecule has 0 heterocycles. The first-order valence-electron chi connectivity index (χ1n) is 5.23. The van der Waals surface area contributed by atoms with Gasteiger partial charge in [-0.15, -0.1) is 6.58 Å². The summed E-state index contributed by atoms with van der Waals surface area (Å²) in [5, 5.41) is 3.03. The van der Waals surface area contributed by atoms with Gasteiger partial charge in [0.05, 0.1) is 0 Å². The molecule has 0 aromatic heterocycles. The van der Waals surface area contributed by atoms with Crippen LogP contribution in [0.2, 0.25) is 0 Å². The van der Waals surface area contributed by atoms with Crippen molar-refractivity contribution in [3.8, 4) is 0 Å². The van der Waals surface area contributed by atoms with Gasteiger partial charge in [0.2, 0.25) is 0 Å². The van der Waals surface area contributed by atoms with Crippen LogP contribution in [-0.4, -0.2) is 13.6 Å². The number of benzene rings is 1. The van der Waals surface area contributed by atoms with Crippen LogP contribution in [0, 0.1) is 17.0 Å². The van der Waals surface area contributed by atoms with E-state index in [0.717, 1.165) is 12.1 Å². The quantitative estimate of drug-likeness (QED) is 0.760. The second kappa shape index (κ2) is 5.21. The molecule has 88 valence electrons. The Kier molecular flexibility index (Phi) is 4.19. The molecular weight excluding hydrogens is 208 g/mol. The molecule has 1 unspecified atom stereocenters. The van der Waals surface area contributed by atoms with Crippen molar-refractivity contribution in [2.24, 2.45) is 5.41 Å². The van der Waals surface area contributed by atoms with Crippen molar-refractivity contribution in [2.45, 2.75) is 13.3 Å². The van der Waals surface area contributed by atoms with E-state index in [-0.39, 0.29) is 11.2 Å². The topological polar surface area (TPSA) is 12.0 Å². The smallest absolute Gasteiger partial charge is 0.126 e. The van der Waals surface area contributed by atoms with Crippen molar-refractivity contribution >= 4 is 0 Å². The summed E-state index contributed by atoms with van der Waals surface area (Å²) >= 11 is 0. The molecule has 1 rings (SSSR count). The van der Waals surface area contributed by atoms with E-state index in [2.05, 4.69) is 11.9 Å². The molecule has 0 spiro atoms. The fourth-order valence-corrected chi connectivity index (χ4v) is 1.72. The molecule has 0 fully saturated rings. The average Bonchev–Trinajstić information content (AvgIpc) is 2.24. The number of nitrogens with one attached hydrogen (secondary N) is 1. The third-order valence-corrected chi connectivity index (χ3v) is 2.68. The number of rotatable bonds is 5. The Labute approximate surface area is 95.2 Å². The molecule has 0 saturated heterocycles. The van der Waals surface area contributed by atoms with Gasteiger partial charge in [0.15, 0.2) is 0 Å². The zero-order chi connectivity index (χ0) is 12.2. The third-order valence-electron chi connectivity index (χ3n) is 2.68. The summed E-state index contributed by atoms with van der Waals surface area (Å²) < 4.78 is 26.5. The van der Waals surface area contributed by atoms with E-state index in [4.69, 9.17) is 0 Å². The van der Waals surface area contributed by atoms with Gasteiger partial charge in [-0.05, 0) is 37.2 Å². The standard InChI is InChI=1S/C13H17F2N/c1-4-13(2,9-16-3)8-10-7-11(14)5-6-12(10)15/h4-7,16H,1,8-9H2,2-3H3. The van der Waals surface area contributed by atoms with Crippen molar-refractivity contribution in [1.29, 1.82) is 0 Å². The zero-order valence-electron chi connectivity index (χ0n) is 9.69. The lowest BCUT2D eigenvalue weighted by molar-refractivity contribution is 0.397. The normalized spacial score (nSPS) is 14.5. The minimum absolute atomic E-state index is 0.274. The molecular formula is C13H17F2N. The lowest BCUT2D eigenvalue weighted by Gasteiger charge is -2.25. The van der Waals surface area contributed by atoms with Gasteiger partial charge in [-0.1, -0.05) is 13.0 Å². The predicted molar refractivity (Wildman–Crippen MR) is 62.3 cm³/mol. The molecule has 1 N–H and O–H groups in total. The van der Waals surface area contributed by atoms with Crippen LogP contribution in [0.25, 0.3) is 0 Å². The Morgan fingerprint density at radius 2 is 2.12 bits per heavy atom. The maximum atomic E-state index is 13.5. The molecule has 0 radical (unpaired) electrons. The zero-order valence-corrected chi connectivity index (χ0v) is 9.69. The molecule has 0 aliphatic heterocycles. The summed E-state index contributed by atoms with van der Waals surface area (Å²) in [6.07, 6.45) is 2.20. The Morgan fingerprint density at radius 3 is 2.69 bits per heavy atom. The molecule has 0 amide bonds. The van der Waals surface area contributed by atoms with Crippen LogP contribution < -0.4 is 5.32 Å². The number of hydrogen-bond donors (Lipinski definition) is 1.